The Morgan fingerprint density at radius 1 is 1.06 bits per heavy atom. The molecule has 0 bridgehead atoms. The Balaban J connectivity index is 1.46. The normalized spacial score (nSPS) is 28.5. The van der Waals surface area contributed by atoms with Crippen molar-refractivity contribution in [1.29, 1.82) is 0 Å². The summed E-state index contributed by atoms with van der Waals surface area (Å²) in [6.07, 6.45) is 3.51. The van der Waals surface area contributed by atoms with Crippen molar-refractivity contribution in [2.45, 2.75) is 82.3 Å². The smallest absolute Gasteiger partial charge is 0.310 e. The summed E-state index contributed by atoms with van der Waals surface area (Å²) in [6, 6.07) is 4.66. The van der Waals surface area contributed by atoms with E-state index < -0.39 is 30.4 Å². The highest BCUT2D eigenvalue weighted by Crippen LogP contribution is 2.32. The summed E-state index contributed by atoms with van der Waals surface area (Å²) in [5.41, 5.74) is 0.431. The molecule has 0 saturated carbocycles. The van der Waals surface area contributed by atoms with Gasteiger partial charge in [0, 0.05) is 18.2 Å². The van der Waals surface area contributed by atoms with Crippen LogP contribution in [0.3, 0.4) is 0 Å². The molecular weight excluding hydrogens is 454 g/mol. The number of hydrogen-bond donors (Lipinski definition) is 2. The van der Waals surface area contributed by atoms with Crippen LogP contribution in [0.5, 0.6) is 5.75 Å². The summed E-state index contributed by atoms with van der Waals surface area (Å²) < 4.78 is 15.7. The number of hydrogen-bond acceptors (Lipinski definition) is 7. The lowest BCUT2D eigenvalue weighted by Gasteiger charge is -2.35. The van der Waals surface area contributed by atoms with E-state index in [4.69, 9.17) is 14.2 Å². The number of carbonyl (C=O) groups excluding carboxylic acids is 4. The predicted octanol–water partition coefficient (Wildman–Crippen LogP) is 1.52. The molecule has 3 aliphatic rings. The minimum Gasteiger partial charge on any atom is -0.497 e. The molecule has 3 aliphatic heterocycles. The minimum absolute atomic E-state index is 0.0288. The van der Waals surface area contributed by atoms with Gasteiger partial charge in [0.25, 0.3) is 5.91 Å². The zero-order valence-corrected chi connectivity index (χ0v) is 20.2. The van der Waals surface area contributed by atoms with Crippen LogP contribution in [0.15, 0.2) is 24.3 Å². The molecule has 4 rings (SSSR count). The minimum atomic E-state index is -0.826. The second kappa shape index (κ2) is 11.1. The van der Waals surface area contributed by atoms with Crippen molar-refractivity contribution >= 4 is 23.7 Å². The maximum Gasteiger partial charge on any atom is 0.310 e. The Morgan fingerprint density at radius 2 is 1.80 bits per heavy atom. The number of benzene rings is 1. The van der Waals surface area contributed by atoms with Crippen molar-refractivity contribution < 1.29 is 33.4 Å². The SMILES string of the molecule is CCOC1OC(=O)CC1NC(=O)[C@@H]1CC[C@@H]2CCCC[C@H](NC(=O)c3ccc(OC)cc3)C(=O)N21. The molecule has 10 heteroatoms. The molecular formula is C25H33N3O7. The molecule has 5 atom stereocenters. The van der Waals surface area contributed by atoms with E-state index >= 15 is 0 Å². The molecule has 0 aromatic heterocycles. The number of esters is 1. The van der Waals surface area contributed by atoms with Gasteiger partial charge in [-0.15, -0.1) is 0 Å². The number of methoxy groups -OCH3 is 1. The monoisotopic (exact) mass is 487 g/mol. The van der Waals surface area contributed by atoms with Crippen LogP contribution < -0.4 is 15.4 Å². The Kier molecular flexibility index (Phi) is 7.90. The Labute approximate surface area is 204 Å². The summed E-state index contributed by atoms with van der Waals surface area (Å²) >= 11 is 0. The first-order chi connectivity index (χ1) is 16.9. The number of ether oxygens (including phenoxy) is 3. The molecule has 3 saturated heterocycles. The van der Waals surface area contributed by atoms with Crippen molar-refractivity contribution in [3.05, 3.63) is 29.8 Å². The fourth-order valence-electron chi connectivity index (χ4n) is 5.16. The van der Waals surface area contributed by atoms with Crippen LogP contribution >= 0.6 is 0 Å². The highest BCUT2D eigenvalue weighted by Gasteiger charge is 2.45. The van der Waals surface area contributed by atoms with E-state index in [2.05, 4.69) is 10.6 Å². The molecule has 0 spiro atoms. The number of amides is 3. The van der Waals surface area contributed by atoms with Crippen LogP contribution in [0, 0.1) is 0 Å². The summed E-state index contributed by atoms with van der Waals surface area (Å²) in [5.74, 6) is -0.701. The topological polar surface area (TPSA) is 123 Å². The third-order valence-electron chi connectivity index (χ3n) is 6.92. The zero-order valence-electron chi connectivity index (χ0n) is 20.2. The van der Waals surface area contributed by atoms with Crippen LogP contribution in [-0.4, -0.2) is 72.8 Å². The lowest BCUT2D eigenvalue weighted by atomic mass is 9.98. The lowest BCUT2D eigenvalue weighted by molar-refractivity contribution is -0.164. The first-order valence-electron chi connectivity index (χ1n) is 12.3. The van der Waals surface area contributed by atoms with Crippen molar-refractivity contribution in [3.63, 3.8) is 0 Å². The van der Waals surface area contributed by atoms with Crippen LogP contribution in [0.4, 0.5) is 0 Å². The standard InChI is InChI=1S/C25H33N3O7/c1-3-34-25-19(14-21(29)35-25)27-23(31)20-13-10-16-6-4-5-7-18(24(32)28(16)20)26-22(30)15-8-11-17(33-2)12-9-15/h8-9,11-12,16,18-20,25H,3-7,10,13-14H2,1-2H3,(H,26,30)(H,27,31)/t16-,18-,19?,20-,25?/m0/s1. The Morgan fingerprint density at radius 3 is 2.51 bits per heavy atom. The van der Waals surface area contributed by atoms with Gasteiger partial charge in [-0.05, 0) is 56.9 Å². The van der Waals surface area contributed by atoms with Crippen LogP contribution in [0.2, 0.25) is 0 Å². The number of cyclic esters (lactones) is 1. The van der Waals surface area contributed by atoms with E-state index in [1.807, 2.05) is 0 Å². The highest BCUT2D eigenvalue weighted by molar-refractivity contribution is 5.98. The quantitative estimate of drug-likeness (QED) is 0.559. The van der Waals surface area contributed by atoms with Crippen LogP contribution in [-0.2, 0) is 23.9 Å². The van der Waals surface area contributed by atoms with Gasteiger partial charge in [0.15, 0.2) is 0 Å². The van der Waals surface area contributed by atoms with E-state index in [0.29, 0.717) is 30.8 Å². The molecule has 2 unspecified atom stereocenters. The third kappa shape index (κ3) is 5.58. The number of fused-ring (bicyclic) bond motifs is 1. The maximum absolute atomic E-state index is 13.6. The third-order valence-corrected chi connectivity index (χ3v) is 6.92. The lowest BCUT2D eigenvalue weighted by Crippen LogP contribution is -2.57. The summed E-state index contributed by atoms with van der Waals surface area (Å²) in [7, 11) is 1.55. The van der Waals surface area contributed by atoms with Gasteiger partial charge in [0.2, 0.25) is 18.1 Å². The van der Waals surface area contributed by atoms with E-state index in [0.717, 1.165) is 25.7 Å². The zero-order chi connectivity index (χ0) is 24.9. The van der Waals surface area contributed by atoms with Gasteiger partial charge in [-0.3, -0.25) is 19.2 Å². The van der Waals surface area contributed by atoms with Crippen molar-refractivity contribution in [2.75, 3.05) is 13.7 Å². The molecule has 3 fully saturated rings. The van der Waals surface area contributed by atoms with Crippen LogP contribution in [0.1, 0.15) is 62.2 Å². The van der Waals surface area contributed by atoms with Gasteiger partial charge in [-0.25, -0.2) is 0 Å². The summed E-state index contributed by atoms with van der Waals surface area (Å²) in [6.45, 7) is 2.13. The van der Waals surface area contributed by atoms with Crippen molar-refractivity contribution in [1.82, 2.24) is 15.5 Å². The Hall–Kier alpha value is -3.14. The van der Waals surface area contributed by atoms with Crippen molar-refractivity contribution in [3.8, 4) is 5.75 Å². The van der Waals surface area contributed by atoms with E-state index in [9.17, 15) is 19.2 Å². The fourth-order valence-corrected chi connectivity index (χ4v) is 5.16. The second-order valence-corrected chi connectivity index (χ2v) is 9.16. The first-order valence-corrected chi connectivity index (χ1v) is 12.3. The fraction of sp³-hybridized carbons (Fsp3) is 0.600. The van der Waals surface area contributed by atoms with Gasteiger partial charge in [-0.2, -0.15) is 0 Å². The van der Waals surface area contributed by atoms with Gasteiger partial charge in [0.1, 0.15) is 23.9 Å². The molecule has 2 N–H and O–H groups in total. The molecule has 0 aliphatic carbocycles. The summed E-state index contributed by atoms with van der Waals surface area (Å²) in [4.78, 5) is 53.1. The van der Waals surface area contributed by atoms with E-state index in [-0.39, 0.29) is 30.2 Å². The molecule has 1 aromatic rings. The molecule has 35 heavy (non-hydrogen) atoms. The molecule has 3 heterocycles. The average molecular weight is 488 g/mol. The van der Waals surface area contributed by atoms with Gasteiger partial charge in [0.05, 0.1) is 13.5 Å². The number of rotatable bonds is 7. The largest absolute Gasteiger partial charge is 0.497 e. The number of nitrogens with one attached hydrogen (secondary N) is 2. The second-order valence-electron chi connectivity index (χ2n) is 9.16. The van der Waals surface area contributed by atoms with Crippen molar-refractivity contribution in [2.24, 2.45) is 0 Å². The molecule has 0 radical (unpaired) electrons. The maximum atomic E-state index is 13.6. The highest BCUT2D eigenvalue weighted by atomic mass is 16.7. The molecule has 190 valence electrons. The first kappa shape index (κ1) is 25.0. The molecule has 3 amide bonds. The summed E-state index contributed by atoms with van der Waals surface area (Å²) in [5, 5.41) is 5.74. The number of carbonyl (C=O) groups is 4. The molecule has 1 aromatic carbocycles. The molecule has 10 nitrogen and oxygen atoms in total. The van der Waals surface area contributed by atoms with E-state index in [1.54, 1.807) is 43.2 Å². The Bertz CT molecular complexity index is 951. The van der Waals surface area contributed by atoms with E-state index in [1.165, 1.54) is 0 Å². The van der Waals surface area contributed by atoms with Crippen LogP contribution in [0.25, 0.3) is 0 Å². The predicted molar refractivity (Wildman–Crippen MR) is 124 cm³/mol. The van der Waals surface area contributed by atoms with Gasteiger partial charge < -0.3 is 29.7 Å². The van der Waals surface area contributed by atoms with Gasteiger partial charge in [-0.1, -0.05) is 12.8 Å². The van der Waals surface area contributed by atoms with Gasteiger partial charge >= 0.3 is 5.97 Å². The average Bonchev–Trinajstić information content (AvgIpc) is 3.42. The number of nitrogens with zero attached hydrogens (tertiary/aromatic N) is 1.